The Bertz CT molecular complexity index is 806. The zero-order valence-corrected chi connectivity index (χ0v) is 14.6. The van der Waals surface area contributed by atoms with E-state index < -0.39 is 5.97 Å². The first kappa shape index (κ1) is 17.3. The van der Waals surface area contributed by atoms with E-state index in [1.807, 2.05) is 24.3 Å². The summed E-state index contributed by atoms with van der Waals surface area (Å²) in [7, 11) is 1.29. The molecular formula is C19H18ClNO4. The van der Waals surface area contributed by atoms with Gasteiger partial charge >= 0.3 is 5.97 Å². The summed E-state index contributed by atoms with van der Waals surface area (Å²) in [6.07, 6.45) is 1.87. The van der Waals surface area contributed by atoms with Crippen LogP contribution in [-0.4, -0.2) is 32.1 Å². The molecule has 0 saturated heterocycles. The molecule has 6 heteroatoms. The Morgan fingerprint density at radius 3 is 2.80 bits per heavy atom. The lowest BCUT2D eigenvalue weighted by molar-refractivity contribution is -0.120. The van der Waals surface area contributed by atoms with Crippen LogP contribution in [0.5, 0.6) is 5.75 Å². The minimum atomic E-state index is -0.539. The minimum Gasteiger partial charge on any atom is -0.483 e. The van der Waals surface area contributed by atoms with E-state index in [1.54, 1.807) is 11.0 Å². The molecule has 0 radical (unpaired) electrons. The number of aryl methyl sites for hydroxylation is 1. The van der Waals surface area contributed by atoms with Crippen molar-refractivity contribution >= 4 is 29.2 Å². The Kier molecular flexibility index (Phi) is 5.24. The molecule has 3 rings (SSSR count). The number of carbonyl (C=O) groups is 2. The highest BCUT2D eigenvalue weighted by atomic mass is 35.5. The zero-order chi connectivity index (χ0) is 17.8. The summed E-state index contributed by atoms with van der Waals surface area (Å²) in [5.41, 5.74) is 2.31. The highest BCUT2D eigenvalue weighted by molar-refractivity contribution is 6.30. The molecule has 0 atom stereocenters. The molecule has 130 valence electrons. The molecule has 5 nitrogen and oxygen atoms in total. The number of ether oxygens (including phenoxy) is 2. The molecule has 1 amide bonds. The Morgan fingerprint density at radius 2 is 2.00 bits per heavy atom. The summed E-state index contributed by atoms with van der Waals surface area (Å²) >= 11 is 5.97. The maximum Gasteiger partial charge on any atom is 0.341 e. The predicted octanol–water partition coefficient (Wildman–Crippen LogP) is 3.48. The van der Waals surface area contributed by atoms with Crippen LogP contribution >= 0.6 is 11.6 Å². The van der Waals surface area contributed by atoms with Crippen LogP contribution in [0.15, 0.2) is 42.5 Å². The third-order valence-electron chi connectivity index (χ3n) is 4.11. The fraction of sp³-hybridized carbons (Fsp3) is 0.263. The molecule has 2 aromatic carbocycles. The number of nitrogens with zero attached hydrogens (tertiary/aromatic N) is 1. The molecule has 0 aromatic heterocycles. The van der Waals surface area contributed by atoms with E-state index in [1.165, 1.54) is 19.2 Å². The van der Waals surface area contributed by atoms with Crippen LogP contribution in [0.2, 0.25) is 5.02 Å². The lowest BCUT2D eigenvalue weighted by Crippen LogP contribution is -2.38. The standard InChI is InChI=1S/C19H18ClNO4/c1-24-19(23)15-9-8-14(20)11-17(15)25-12-18(22)21-10-4-6-13-5-2-3-7-16(13)21/h2-3,5,7-9,11H,4,6,10,12H2,1H3. The van der Waals surface area contributed by atoms with Gasteiger partial charge in [0.2, 0.25) is 0 Å². The van der Waals surface area contributed by atoms with E-state index in [0.29, 0.717) is 11.6 Å². The van der Waals surface area contributed by atoms with E-state index in [0.717, 1.165) is 24.1 Å². The molecule has 25 heavy (non-hydrogen) atoms. The Hall–Kier alpha value is -2.53. The van der Waals surface area contributed by atoms with Crippen molar-refractivity contribution in [3.63, 3.8) is 0 Å². The van der Waals surface area contributed by atoms with Gasteiger partial charge < -0.3 is 14.4 Å². The number of methoxy groups -OCH3 is 1. The molecule has 0 fully saturated rings. The van der Waals surface area contributed by atoms with Crippen molar-refractivity contribution in [1.82, 2.24) is 0 Å². The van der Waals surface area contributed by atoms with Crippen molar-refractivity contribution in [2.45, 2.75) is 12.8 Å². The average molecular weight is 360 g/mol. The molecule has 0 N–H and O–H groups in total. The van der Waals surface area contributed by atoms with Gasteiger partial charge in [0.1, 0.15) is 11.3 Å². The largest absolute Gasteiger partial charge is 0.483 e. The summed E-state index contributed by atoms with van der Waals surface area (Å²) in [5.74, 6) is -0.469. The number of anilines is 1. The summed E-state index contributed by atoms with van der Waals surface area (Å²) in [6.45, 7) is 0.470. The van der Waals surface area contributed by atoms with E-state index in [-0.39, 0.29) is 23.8 Å². The lowest BCUT2D eigenvalue weighted by atomic mass is 10.0. The smallest absolute Gasteiger partial charge is 0.341 e. The third-order valence-corrected chi connectivity index (χ3v) is 4.35. The van der Waals surface area contributed by atoms with Crippen LogP contribution in [0.25, 0.3) is 0 Å². The van der Waals surface area contributed by atoms with Gasteiger partial charge in [-0.25, -0.2) is 4.79 Å². The van der Waals surface area contributed by atoms with Crippen LogP contribution in [0.1, 0.15) is 22.3 Å². The number of esters is 1. The van der Waals surface area contributed by atoms with Crippen LogP contribution in [-0.2, 0) is 16.0 Å². The molecule has 0 spiro atoms. The van der Waals surface area contributed by atoms with Crippen LogP contribution < -0.4 is 9.64 Å². The van der Waals surface area contributed by atoms with Gasteiger partial charge in [-0.2, -0.15) is 0 Å². The van der Waals surface area contributed by atoms with Crippen molar-refractivity contribution in [2.24, 2.45) is 0 Å². The Morgan fingerprint density at radius 1 is 1.20 bits per heavy atom. The van der Waals surface area contributed by atoms with Crippen LogP contribution in [0.4, 0.5) is 5.69 Å². The number of para-hydroxylation sites is 1. The van der Waals surface area contributed by atoms with Crippen molar-refractivity contribution in [3.8, 4) is 5.75 Å². The molecule has 2 aromatic rings. The maximum atomic E-state index is 12.6. The number of carbonyl (C=O) groups excluding carboxylic acids is 2. The first-order valence-electron chi connectivity index (χ1n) is 7.99. The minimum absolute atomic E-state index is 0.164. The Labute approximate surface area is 151 Å². The number of fused-ring (bicyclic) bond motifs is 1. The highest BCUT2D eigenvalue weighted by Crippen LogP contribution is 2.28. The maximum absolute atomic E-state index is 12.6. The molecule has 1 heterocycles. The van der Waals surface area contributed by atoms with Gasteiger partial charge in [-0.3, -0.25) is 4.79 Å². The first-order chi connectivity index (χ1) is 12.1. The van der Waals surface area contributed by atoms with Gasteiger partial charge in [-0.15, -0.1) is 0 Å². The fourth-order valence-corrected chi connectivity index (χ4v) is 3.07. The predicted molar refractivity (Wildman–Crippen MR) is 95.4 cm³/mol. The monoisotopic (exact) mass is 359 g/mol. The summed E-state index contributed by atoms with van der Waals surface area (Å²) in [4.78, 5) is 26.2. The van der Waals surface area contributed by atoms with Crippen molar-refractivity contribution in [3.05, 3.63) is 58.6 Å². The number of amides is 1. The number of halogens is 1. The van der Waals surface area contributed by atoms with Crippen molar-refractivity contribution in [1.29, 1.82) is 0 Å². The van der Waals surface area contributed by atoms with Gasteiger partial charge in [0.25, 0.3) is 5.91 Å². The summed E-state index contributed by atoms with van der Waals surface area (Å²) in [6, 6.07) is 12.4. The molecule has 0 aliphatic carbocycles. The van der Waals surface area contributed by atoms with Gasteiger partial charge in [-0.1, -0.05) is 29.8 Å². The second kappa shape index (κ2) is 7.57. The van der Waals surface area contributed by atoms with Gasteiger partial charge in [0.15, 0.2) is 6.61 Å². The second-order valence-electron chi connectivity index (χ2n) is 5.70. The molecule has 0 unspecified atom stereocenters. The first-order valence-corrected chi connectivity index (χ1v) is 8.37. The molecule has 1 aliphatic rings. The van der Waals surface area contributed by atoms with E-state index in [2.05, 4.69) is 0 Å². The average Bonchev–Trinajstić information content (AvgIpc) is 2.65. The van der Waals surface area contributed by atoms with Crippen molar-refractivity contribution < 1.29 is 19.1 Å². The number of rotatable bonds is 4. The van der Waals surface area contributed by atoms with E-state index in [4.69, 9.17) is 21.1 Å². The van der Waals surface area contributed by atoms with Crippen molar-refractivity contribution in [2.75, 3.05) is 25.2 Å². The fourth-order valence-electron chi connectivity index (χ4n) is 2.90. The lowest BCUT2D eigenvalue weighted by Gasteiger charge is -2.29. The van der Waals surface area contributed by atoms with Crippen LogP contribution in [0.3, 0.4) is 0 Å². The third kappa shape index (κ3) is 3.77. The molecule has 0 saturated carbocycles. The number of hydrogen-bond acceptors (Lipinski definition) is 4. The van der Waals surface area contributed by atoms with Crippen LogP contribution in [0, 0.1) is 0 Å². The summed E-state index contributed by atoms with van der Waals surface area (Å²) < 4.78 is 10.3. The quantitative estimate of drug-likeness (QED) is 0.784. The highest BCUT2D eigenvalue weighted by Gasteiger charge is 2.23. The zero-order valence-electron chi connectivity index (χ0n) is 13.8. The molecular weight excluding hydrogens is 342 g/mol. The Balaban J connectivity index is 1.76. The molecule has 0 bridgehead atoms. The summed E-state index contributed by atoms with van der Waals surface area (Å²) in [5, 5.41) is 0.415. The topological polar surface area (TPSA) is 55.8 Å². The van der Waals surface area contributed by atoms with Gasteiger partial charge in [0.05, 0.1) is 7.11 Å². The van der Waals surface area contributed by atoms with Gasteiger partial charge in [0, 0.05) is 17.3 Å². The van der Waals surface area contributed by atoms with Gasteiger partial charge in [-0.05, 0) is 42.7 Å². The number of benzene rings is 2. The normalized spacial score (nSPS) is 13.1. The number of hydrogen-bond donors (Lipinski definition) is 0. The molecule has 1 aliphatic heterocycles. The second-order valence-corrected chi connectivity index (χ2v) is 6.13. The van der Waals surface area contributed by atoms with E-state index in [9.17, 15) is 9.59 Å². The van der Waals surface area contributed by atoms with E-state index >= 15 is 0 Å². The SMILES string of the molecule is COC(=O)c1ccc(Cl)cc1OCC(=O)N1CCCc2ccccc21.